The first-order valence-electron chi connectivity index (χ1n) is 4.91. The molecule has 84 valence electrons. The van der Waals surface area contributed by atoms with Crippen LogP contribution >= 0.6 is 0 Å². The van der Waals surface area contributed by atoms with E-state index in [1.165, 1.54) is 4.31 Å². The van der Waals surface area contributed by atoms with Gasteiger partial charge in [-0.1, -0.05) is 13.0 Å². The van der Waals surface area contributed by atoms with E-state index in [2.05, 4.69) is 0 Å². The quantitative estimate of drug-likeness (QED) is 0.789. The number of benzene rings is 1. The molecular weight excluding hydrogens is 210 g/mol. The molecule has 1 aromatic carbocycles. The van der Waals surface area contributed by atoms with Gasteiger partial charge in [-0.15, -0.1) is 0 Å². The fraction of sp³-hybridized carbons (Fsp3) is 0.455. The molecule has 0 aliphatic carbocycles. The molecule has 0 atom stereocenters. The first kappa shape index (κ1) is 12.2. The van der Waals surface area contributed by atoms with Crippen LogP contribution in [0.1, 0.15) is 18.1 Å². The van der Waals surface area contributed by atoms with Crippen LogP contribution in [0, 0.1) is 6.92 Å². The SMILES string of the molecule is CCc1cc(C)cc(S(=O)(=O)N(C)C)c1. The zero-order chi connectivity index (χ0) is 11.6. The predicted molar refractivity (Wildman–Crippen MR) is 61.4 cm³/mol. The van der Waals surface area contributed by atoms with E-state index in [-0.39, 0.29) is 0 Å². The van der Waals surface area contributed by atoms with Gasteiger partial charge in [0.05, 0.1) is 4.90 Å². The zero-order valence-corrected chi connectivity index (χ0v) is 10.4. The Morgan fingerprint density at radius 3 is 2.27 bits per heavy atom. The highest BCUT2D eigenvalue weighted by Gasteiger charge is 2.17. The Hall–Kier alpha value is -0.870. The van der Waals surface area contributed by atoms with Crippen LogP contribution in [-0.4, -0.2) is 26.8 Å². The minimum atomic E-state index is -3.30. The summed E-state index contributed by atoms with van der Waals surface area (Å²) in [6.45, 7) is 3.93. The molecule has 0 fully saturated rings. The maximum atomic E-state index is 11.9. The third-order valence-corrected chi connectivity index (χ3v) is 4.09. The Morgan fingerprint density at radius 2 is 1.80 bits per heavy atom. The van der Waals surface area contributed by atoms with Gasteiger partial charge in [-0.2, -0.15) is 0 Å². The summed E-state index contributed by atoms with van der Waals surface area (Å²) in [7, 11) is -0.209. The van der Waals surface area contributed by atoms with E-state index >= 15 is 0 Å². The van der Waals surface area contributed by atoms with Gasteiger partial charge in [-0.3, -0.25) is 0 Å². The van der Waals surface area contributed by atoms with Crippen LogP contribution in [0.3, 0.4) is 0 Å². The lowest BCUT2D eigenvalue weighted by Gasteiger charge is -2.12. The summed E-state index contributed by atoms with van der Waals surface area (Å²) < 4.78 is 25.0. The van der Waals surface area contributed by atoms with Gasteiger partial charge in [-0.05, 0) is 36.6 Å². The Kier molecular flexibility index (Phi) is 3.52. The molecule has 0 aliphatic heterocycles. The number of rotatable bonds is 3. The minimum Gasteiger partial charge on any atom is -0.207 e. The molecule has 3 nitrogen and oxygen atoms in total. The molecule has 0 saturated heterocycles. The maximum absolute atomic E-state index is 11.9. The van der Waals surface area contributed by atoms with Crippen molar-refractivity contribution in [3.8, 4) is 0 Å². The van der Waals surface area contributed by atoms with Crippen LogP contribution in [-0.2, 0) is 16.4 Å². The summed E-state index contributed by atoms with van der Waals surface area (Å²) >= 11 is 0. The second kappa shape index (κ2) is 4.33. The van der Waals surface area contributed by atoms with Crippen LogP contribution in [0.5, 0.6) is 0 Å². The lowest BCUT2D eigenvalue weighted by Crippen LogP contribution is -2.22. The Morgan fingerprint density at radius 1 is 1.20 bits per heavy atom. The van der Waals surface area contributed by atoms with Gasteiger partial charge in [0.2, 0.25) is 10.0 Å². The molecule has 0 aliphatic rings. The highest BCUT2D eigenvalue weighted by molar-refractivity contribution is 7.89. The molecule has 0 radical (unpaired) electrons. The van der Waals surface area contributed by atoms with Gasteiger partial charge in [-0.25, -0.2) is 12.7 Å². The van der Waals surface area contributed by atoms with E-state index < -0.39 is 10.0 Å². The van der Waals surface area contributed by atoms with E-state index in [1.54, 1.807) is 26.2 Å². The average Bonchev–Trinajstić information content (AvgIpc) is 2.16. The van der Waals surface area contributed by atoms with Crippen LogP contribution in [0.4, 0.5) is 0 Å². The van der Waals surface area contributed by atoms with Gasteiger partial charge < -0.3 is 0 Å². The third kappa shape index (κ3) is 2.58. The topological polar surface area (TPSA) is 37.4 Å². The average molecular weight is 227 g/mol. The largest absolute Gasteiger partial charge is 0.242 e. The highest BCUT2D eigenvalue weighted by Crippen LogP contribution is 2.17. The molecule has 1 aromatic rings. The number of hydrogen-bond donors (Lipinski definition) is 0. The summed E-state index contributed by atoms with van der Waals surface area (Å²) in [5, 5.41) is 0. The Bertz CT molecular complexity index is 450. The summed E-state index contributed by atoms with van der Waals surface area (Å²) in [5.74, 6) is 0. The van der Waals surface area contributed by atoms with Crippen molar-refractivity contribution >= 4 is 10.0 Å². The van der Waals surface area contributed by atoms with Gasteiger partial charge in [0.15, 0.2) is 0 Å². The summed E-state index contributed by atoms with van der Waals surface area (Å²) in [6.07, 6.45) is 0.845. The maximum Gasteiger partial charge on any atom is 0.242 e. The van der Waals surface area contributed by atoms with Crippen molar-refractivity contribution in [1.82, 2.24) is 4.31 Å². The van der Waals surface area contributed by atoms with Gasteiger partial charge >= 0.3 is 0 Å². The number of nitrogens with zero attached hydrogens (tertiary/aromatic N) is 1. The standard InChI is InChI=1S/C11H17NO2S/c1-5-10-6-9(2)7-11(8-10)15(13,14)12(3)4/h6-8H,5H2,1-4H3. The van der Waals surface area contributed by atoms with E-state index in [0.29, 0.717) is 4.90 Å². The van der Waals surface area contributed by atoms with Crippen molar-refractivity contribution < 1.29 is 8.42 Å². The van der Waals surface area contributed by atoms with Gasteiger partial charge in [0.1, 0.15) is 0 Å². The first-order valence-corrected chi connectivity index (χ1v) is 6.35. The molecule has 1 rings (SSSR count). The predicted octanol–water partition coefficient (Wildman–Crippen LogP) is 1.81. The highest BCUT2D eigenvalue weighted by atomic mass is 32.2. The first-order chi connectivity index (χ1) is 6.87. The van der Waals surface area contributed by atoms with Crippen LogP contribution in [0.2, 0.25) is 0 Å². The van der Waals surface area contributed by atoms with Crippen molar-refractivity contribution in [3.05, 3.63) is 29.3 Å². The van der Waals surface area contributed by atoms with E-state index in [9.17, 15) is 8.42 Å². The van der Waals surface area contributed by atoms with Gasteiger partial charge in [0, 0.05) is 14.1 Å². The molecule has 0 aromatic heterocycles. The fourth-order valence-corrected chi connectivity index (χ4v) is 2.45. The van der Waals surface area contributed by atoms with Crippen molar-refractivity contribution in [2.75, 3.05) is 14.1 Å². The molecule has 0 unspecified atom stereocenters. The summed E-state index contributed by atoms with van der Waals surface area (Å²) in [6, 6.07) is 5.45. The van der Waals surface area contributed by atoms with Crippen LogP contribution in [0.15, 0.2) is 23.1 Å². The lowest BCUT2D eigenvalue weighted by atomic mass is 10.1. The van der Waals surface area contributed by atoms with Gasteiger partial charge in [0.25, 0.3) is 0 Å². The Balaban J connectivity index is 3.33. The van der Waals surface area contributed by atoms with Crippen LogP contribution in [0.25, 0.3) is 0 Å². The molecule has 0 spiro atoms. The Labute approximate surface area is 91.8 Å². The molecule has 0 bridgehead atoms. The smallest absolute Gasteiger partial charge is 0.207 e. The number of hydrogen-bond acceptors (Lipinski definition) is 2. The van der Waals surface area contributed by atoms with E-state index in [1.807, 2.05) is 19.9 Å². The summed E-state index contributed by atoms with van der Waals surface area (Å²) in [5.41, 5.74) is 2.03. The van der Waals surface area contributed by atoms with Crippen molar-refractivity contribution in [3.63, 3.8) is 0 Å². The van der Waals surface area contributed by atoms with Crippen molar-refractivity contribution in [1.29, 1.82) is 0 Å². The van der Waals surface area contributed by atoms with Crippen molar-refractivity contribution in [2.24, 2.45) is 0 Å². The number of sulfonamides is 1. The normalized spacial score (nSPS) is 12.1. The zero-order valence-electron chi connectivity index (χ0n) is 9.61. The third-order valence-electron chi connectivity index (χ3n) is 2.30. The molecule has 0 heterocycles. The molecule has 15 heavy (non-hydrogen) atoms. The van der Waals surface area contributed by atoms with Crippen LogP contribution < -0.4 is 0 Å². The molecular formula is C11H17NO2S. The van der Waals surface area contributed by atoms with E-state index in [0.717, 1.165) is 17.5 Å². The molecule has 0 amide bonds. The molecule has 0 saturated carbocycles. The minimum absolute atomic E-state index is 0.379. The fourth-order valence-electron chi connectivity index (χ4n) is 1.39. The molecule has 0 N–H and O–H groups in total. The second-order valence-corrected chi connectivity index (χ2v) is 5.95. The van der Waals surface area contributed by atoms with Crippen molar-refractivity contribution in [2.45, 2.75) is 25.2 Å². The molecule has 4 heteroatoms. The van der Waals surface area contributed by atoms with E-state index in [4.69, 9.17) is 0 Å². The monoisotopic (exact) mass is 227 g/mol. The lowest BCUT2D eigenvalue weighted by molar-refractivity contribution is 0.520. The number of aryl methyl sites for hydroxylation is 2. The second-order valence-electron chi connectivity index (χ2n) is 3.80. The summed E-state index contributed by atoms with van der Waals surface area (Å²) in [4.78, 5) is 0.379.